The van der Waals surface area contributed by atoms with Crippen molar-refractivity contribution in [2.45, 2.75) is 25.4 Å². The molecule has 0 amide bonds. The highest BCUT2D eigenvalue weighted by Gasteiger charge is 2.28. The van der Waals surface area contributed by atoms with Crippen LogP contribution in [0.15, 0.2) is 23.7 Å². The van der Waals surface area contributed by atoms with E-state index in [0.717, 1.165) is 30.3 Å². The standard InChI is InChI=1S/C14H18O4/c15-6-11-3-4-13-14(5-11)18-12(9-17-13)8-16-7-10-1-2-10/h3-4,6,10-12H,1-2,5,7-9H2. The molecule has 3 aliphatic rings. The number of hydrogen-bond acceptors (Lipinski definition) is 4. The van der Waals surface area contributed by atoms with Crippen LogP contribution >= 0.6 is 0 Å². The van der Waals surface area contributed by atoms with Crippen molar-refractivity contribution < 1.29 is 19.0 Å². The maximum Gasteiger partial charge on any atom is 0.156 e. The van der Waals surface area contributed by atoms with Gasteiger partial charge in [0.1, 0.15) is 18.7 Å². The van der Waals surface area contributed by atoms with E-state index in [0.29, 0.717) is 19.6 Å². The van der Waals surface area contributed by atoms with Gasteiger partial charge in [0.2, 0.25) is 0 Å². The van der Waals surface area contributed by atoms with E-state index in [1.807, 2.05) is 12.2 Å². The Bertz CT molecular complexity index is 381. The Balaban J connectivity index is 1.50. The quantitative estimate of drug-likeness (QED) is 0.698. The van der Waals surface area contributed by atoms with Crippen molar-refractivity contribution in [1.82, 2.24) is 0 Å². The minimum absolute atomic E-state index is 0.0405. The Labute approximate surface area is 107 Å². The van der Waals surface area contributed by atoms with Crippen molar-refractivity contribution in [3.05, 3.63) is 23.7 Å². The average molecular weight is 250 g/mol. The molecule has 1 fully saturated rings. The van der Waals surface area contributed by atoms with Gasteiger partial charge in [-0.3, -0.25) is 0 Å². The Morgan fingerprint density at radius 3 is 3.06 bits per heavy atom. The molecule has 1 aliphatic heterocycles. The third-order valence-electron chi connectivity index (χ3n) is 3.45. The van der Waals surface area contributed by atoms with Gasteiger partial charge < -0.3 is 19.0 Å². The zero-order valence-corrected chi connectivity index (χ0v) is 10.3. The number of aldehydes is 1. The Morgan fingerprint density at radius 1 is 1.39 bits per heavy atom. The number of hydrogen-bond donors (Lipinski definition) is 0. The molecule has 2 aliphatic carbocycles. The molecule has 0 aromatic carbocycles. The molecule has 1 heterocycles. The van der Waals surface area contributed by atoms with Gasteiger partial charge in [-0.1, -0.05) is 6.08 Å². The molecule has 0 aromatic heterocycles. The second-order valence-electron chi connectivity index (χ2n) is 5.18. The molecule has 4 heteroatoms. The molecule has 0 spiro atoms. The summed E-state index contributed by atoms with van der Waals surface area (Å²) in [6, 6.07) is 0. The second-order valence-corrected chi connectivity index (χ2v) is 5.18. The van der Waals surface area contributed by atoms with E-state index in [-0.39, 0.29) is 12.0 Å². The van der Waals surface area contributed by atoms with Crippen LogP contribution in [0, 0.1) is 11.8 Å². The molecule has 0 N–H and O–H groups in total. The topological polar surface area (TPSA) is 44.8 Å². The summed E-state index contributed by atoms with van der Waals surface area (Å²) < 4.78 is 17.1. The van der Waals surface area contributed by atoms with Gasteiger partial charge in [-0.2, -0.15) is 0 Å². The van der Waals surface area contributed by atoms with E-state index < -0.39 is 0 Å². The first kappa shape index (κ1) is 11.8. The van der Waals surface area contributed by atoms with Crippen LogP contribution in [0.4, 0.5) is 0 Å². The lowest BCUT2D eigenvalue weighted by molar-refractivity contribution is -0.110. The molecule has 2 atom stereocenters. The number of allylic oxidation sites excluding steroid dienone is 3. The zero-order valence-electron chi connectivity index (χ0n) is 10.3. The highest BCUT2D eigenvalue weighted by molar-refractivity contribution is 5.58. The Kier molecular flexibility index (Phi) is 3.37. The minimum Gasteiger partial charge on any atom is -0.486 e. The highest BCUT2D eigenvalue weighted by atomic mass is 16.6. The average Bonchev–Trinajstić information content (AvgIpc) is 3.22. The number of carbonyl (C=O) groups excluding carboxylic acids is 1. The predicted octanol–water partition coefficient (Wildman–Crippen LogP) is 1.81. The minimum atomic E-state index is -0.0847. The van der Waals surface area contributed by atoms with Gasteiger partial charge in [0.05, 0.1) is 6.61 Å². The van der Waals surface area contributed by atoms with Crippen LogP contribution in [-0.2, 0) is 19.0 Å². The number of carbonyl (C=O) groups is 1. The predicted molar refractivity (Wildman–Crippen MR) is 64.7 cm³/mol. The van der Waals surface area contributed by atoms with Crippen molar-refractivity contribution in [3.63, 3.8) is 0 Å². The van der Waals surface area contributed by atoms with Crippen molar-refractivity contribution >= 4 is 6.29 Å². The number of ether oxygens (including phenoxy) is 3. The van der Waals surface area contributed by atoms with E-state index in [4.69, 9.17) is 14.2 Å². The Hall–Kier alpha value is -1.29. The molecule has 0 aromatic rings. The van der Waals surface area contributed by atoms with Gasteiger partial charge in [-0.25, -0.2) is 0 Å². The molecular weight excluding hydrogens is 232 g/mol. The van der Waals surface area contributed by atoms with Gasteiger partial charge in [-0.05, 0) is 24.8 Å². The molecule has 1 saturated carbocycles. The Morgan fingerprint density at radius 2 is 2.28 bits per heavy atom. The van der Waals surface area contributed by atoms with E-state index in [9.17, 15) is 4.79 Å². The molecule has 4 nitrogen and oxygen atoms in total. The summed E-state index contributed by atoms with van der Waals surface area (Å²) in [7, 11) is 0. The van der Waals surface area contributed by atoms with Gasteiger partial charge >= 0.3 is 0 Å². The molecule has 2 unspecified atom stereocenters. The maximum atomic E-state index is 10.8. The lowest BCUT2D eigenvalue weighted by Gasteiger charge is -2.30. The summed E-state index contributed by atoms with van der Waals surface area (Å²) >= 11 is 0. The van der Waals surface area contributed by atoms with Crippen molar-refractivity contribution in [1.29, 1.82) is 0 Å². The summed E-state index contributed by atoms with van der Waals surface area (Å²) in [5.41, 5.74) is 0. The molecule has 98 valence electrons. The molecule has 18 heavy (non-hydrogen) atoms. The van der Waals surface area contributed by atoms with Crippen molar-refractivity contribution in [2.24, 2.45) is 11.8 Å². The monoisotopic (exact) mass is 250 g/mol. The van der Waals surface area contributed by atoms with Crippen LogP contribution in [0.2, 0.25) is 0 Å². The van der Waals surface area contributed by atoms with Gasteiger partial charge in [0, 0.05) is 18.9 Å². The van der Waals surface area contributed by atoms with Crippen molar-refractivity contribution in [2.75, 3.05) is 19.8 Å². The van der Waals surface area contributed by atoms with Crippen LogP contribution in [-0.4, -0.2) is 32.2 Å². The van der Waals surface area contributed by atoms with Crippen LogP contribution in [0.3, 0.4) is 0 Å². The molecule has 3 rings (SSSR count). The summed E-state index contributed by atoms with van der Waals surface area (Å²) in [5, 5.41) is 0. The van der Waals surface area contributed by atoms with Crippen LogP contribution in [0.5, 0.6) is 0 Å². The van der Waals surface area contributed by atoms with E-state index in [2.05, 4.69) is 0 Å². The van der Waals surface area contributed by atoms with Crippen LogP contribution in [0.1, 0.15) is 19.3 Å². The van der Waals surface area contributed by atoms with Crippen LogP contribution < -0.4 is 0 Å². The molecule has 0 radical (unpaired) electrons. The van der Waals surface area contributed by atoms with E-state index >= 15 is 0 Å². The normalized spacial score (nSPS) is 30.4. The fourth-order valence-corrected chi connectivity index (χ4v) is 2.17. The summed E-state index contributed by atoms with van der Waals surface area (Å²) in [6.45, 7) is 1.94. The lowest BCUT2D eigenvalue weighted by Crippen LogP contribution is -2.31. The highest BCUT2D eigenvalue weighted by Crippen LogP contribution is 2.30. The lowest BCUT2D eigenvalue weighted by atomic mass is 9.99. The molecular formula is C14H18O4. The molecule has 0 bridgehead atoms. The zero-order chi connectivity index (χ0) is 12.4. The van der Waals surface area contributed by atoms with Crippen molar-refractivity contribution in [3.8, 4) is 0 Å². The van der Waals surface area contributed by atoms with Gasteiger partial charge in [0.25, 0.3) is 0 Å². The second kappa shape index (κ2) is 5.14. The number of rotatable bonds is 5. The molecule has 0 saturated heterocycles. The summed E-state index contributed by atoms with van der Waals surface area (Å²) in [6.07, 6.45) is 7.79. The fraction of sp³-hybridized carbons (Fsp3) is 0.643. The fourth-order valence-electron chi connectivity index (χ4n) is 2.17. The van der Waals surface area contributed by atoms with Gasteiger partial charge in [-0.15, -0.1) is 0 Å². The summed E-state index contributed by atoms with van der Waals surface area (Å²) in [5.74, 6) is 2.24. The van der Waals surface area contributed by atoms with E-state index in [1.165, 1.54) is 12.8 Å². The first-order chi connectivity index (χ1) is 8.85. The largest absolute Gasteiger partial charge is 0.486 e. The third kappa shape index (κ3) is 2.75. The first-order valence-corrected chi connectivity index (χ1v) is 6.59. The maximum absolute atomic E-state index is 10.8. The SMILES string of the molecule is O=CC1C=CC2=C(C1)OC(COCC1CC1)CO2. The first-order valence-electron chi connectivity index (χ1n) is 6.59. The summed E-state index contributed by atoms with van der Waals surface area (Å²) in [4.78, 5) is 10.8. The van der Waals surface area contributed by atoms with Crippen LogP contribution in [0.25, 0.3) is 0 Å². The third-order valence-corrected chi connectivity index (χ3v) is 3.45. The smallest absolute Gasteiger partial charge is 0.156 e. The van der Waals surface area contributed by atoms with Gasteiger partial charge in [0.15, 0.2) is 11.9 Å². The van der Waals surface area contributed by atoms with E-state index in [1.54, 1.807) is 0 Å².